The van der Waals surface area contributed by atoms with Gasteiger partial charge in [-0.15, -0.1) is 0 Å². The van der Waals surface area contributed by atoms with E-state index in [0.717, 1.165) is 18.6 Å². The van der Waals surface area contributed by atoms with Gasteiger partial charge in [0.15, 0.2) is 6.29 Å². The molecule has 1 saturated heterocycles. The summed E-state index contributed by atoms with van der Waals surface area (Å²) >= 11 is 0. The van der Waals surface area contributed by atoms with Gasteiger partial charge < -0.3 is 4.90 Å². The highest BCUT2D eigenvalue weighted by Gasteiger charge is 2.20. The zero-order chi connectivity index (χ0) is 11.4. The second-order valence-electron chi connectivity index (χ2n) is 4.43. The van der Waals surface area contributed by atoms with Crippen LogP contribution in [-0.2, 0) is 0 Å². The third-order valence-corrected chi connectivity index (χ3v) is 3.27. The molecule has 2 heterocycles. The fourth-order valence-electron chi connectivity index (χ4n) is 2.33. The Morgan fingerprint density at radius 2 is 2.31 bits per heavy atom. The Balaban J connectivity index is 2.29. The molecule has 1 unspecified atom stereocenters. The summed E-state index contributed by atoms with van der Waals surface area (Å²) in [4.78, 5) is 17.6. The van der Waals surface area contributed by atoms with Crippen molar-refractivity contribution < 1.29 is 4.79 Å². The number of hydrogen-bond acceptors (Lipinski definition) is 3. The van der Waals surface area contributed by atoms with Crippen molar-refractivity contribution in [3.05, 3.63) is 23.9 Å². The SMILES string of the molecule is CC1CCCCCN1c1ncccc1C=O. The van der Waals surface area contributed by atoms with Crippen LogP contribution in [0.1, 0.15) is 43.0 Å². The van der Waals surface area contributed by atoms with Crippen molar-refractivity contribution in [3.63, 3.8) is 0 Å². The standard InChI is InChI=1S/C13H18N2O/c1-11-6-3-2-4-9-15(11)13-12(10-16)7-5-8-14-13/h5,7-8,10-11H,2-4,6,9H2,1H3. The van der Waals surface area contributed by atoms with Gasteiger partial charge in [0.25, 0.3) is 0 Å². The van der Waals surface area contributed by atoms with Crippen LogP contribution in [0, 0.1) is 0 Å². The highest BCUT2D eigenvalue weighted by molar-refractivity contribution is 5.82. The van der Waals surface area contributed by atoms with Gasteiger partial charge in [0, 0.05) is 18.8 Å². The van der Waals surface area contributed by atoms with E-state index in [1.807, 2.05) is 12.1 Å². The van der Waals surface area contributed by atoms with Crippen molar-refractivity contribution in [1.29, 1.82) is 0 Å². The summed E-state index contributed by atoms with van der Waals surface area (Å²) in [5.74, 6) is 0.854. The van der Waals surface area contributed by atoms with Crippen LogP contribution in [0.3, 0.4) is 0 Å². The molecule has 1 aliphatic rings. The van der Waals surface area contributed by atoms with Crippen LogP contribution in [-0.4, -0.2) is 23.9 Å². The first-order valence-corrected chi connectivity index (χ1v) is 6.00. The smallest absolute Gasteiger partial charge is 0.153 e. The van der Waals surface area contributed by atoms with E-state index in [0.29, 0.717) is 11.6 Å². The van der Waals surface area contributed by atoms with Crippen molar-refractivity contribution in [3.8, 4) is 0 Å². The van der Waals surface area contributed by atoms with E-state index >= 15 is 0 Å². The predicted molar refractivity (Wildman–Crippen MR) is 64.9 cm³/mol. The van der Waals surface area contributed by atoms with E-state index in [1.165, 1.54) is 25.7 Å². The van der Waals surface area contributed by atoms with Crippen LogP contribution in [0.5, 0.6) is 0 Å². The number of aromatic nitrogens is 1. The van der Waals surface area contributed by atoms with Gasteiger partial charge in [0.2, 0.25) is 0 Å². The molecule has 2 rings (SSSR count). The minimum absolute atomic E-state index is 0.482. The lowest BCUT2D eigenvalue weighted by Gasteiger charge is -2.29. The van der Waals surface area contributed by atoms with E-state index < -0.39 is 0 Å². The topological polar surface area (TPSA) is 33.2 Å². The number of hydrogen-bond donors (Lipinski definition) is 0. The summed E-state index contributed by atoms with van der Waals surface area (Å²) < 4.78 is 0. The van der Waals surface area contributed by atoms with Crippen molar-refractivity contribution >= 4 is 12.1 Å². The molecule has 1 aromatic heterocycles. The number of anilines is 1. The highest BCUT2D eigenvalue weighted by Crippen LogP contribution is 2.24. The van der Waals surface area contributed by atoms with Crippen molar-refractivity contribution in [2.24, 2.45) is 0 Å². The monoisotopic (exact) mass is 218 g/mol. The lowest BCUT2D eigenvalue weighted by atomic mass is 10.1. The van der Waals surface area contributed by atoms with Crippen LogP contribution in [0.4, 0.5) is 5.82 Å². The summed E-state index contributed by atoms with van der Waals surface area (Å²) in [5.41, 5.74) is 0.705. The van der Waals surface area contributed by atoms with E-state index in [2.05, 4.69) is 16.8 Å². The molecule has 0 aromatic carbocycles. The molecule has 1 atom stereocenters. The van der Waals surface area contributed by atoms with Gasteiger partial charge in [-0.25, -0.2) is 4.98 Å². The van der Waals surface area contributed by atoms with Crippen LogP contribution in [0.15, 0.2) is 18.3 Å². The quantitative estimate of drug-likeness (QED) is 0.715. The molecule has 0 amide bonds. The Morgan fingerprint density at radius 3 is 3.12 bits per heavy atom. The lowest BCUT2D eigenvalue weighted by molar-refractivity contribution is 0.112. The van der Waals surface area contributed by atoms with Crippen LogP contribution >= 0.6 is 0 Å². The molecule has 0 bridgehead atoms. The molecular formula is C13H18N2O. The lowest BCUT2D eigenvalue weighted by Crippen LogP contribution is -2.33. The van der Waals surface area contributed by atoms with Gasteiger partial charge in [-0.2, -0.15) is 0 Å². The summed E-state index contributed by atoms with van der Waals surface area (Å²) in [6.45, 7) is 3.23. The van der Waals surface area contributed by atoms with Gasteiger partial charge in [0.1, 0.15) is 5.82 Å². The number of carbonyl (C=O) groups is 1. The largest absolute Gasteiger partial charge is 0.353 e. The minimum Gasteiger partial charge on any atom is -0.353 e. The number of carbonyl (C=O) groups excluding carboxylic acids is 1. The average Bonchev–Trinajstić information content (AvgIpc) is 2.54. The first-order valence-electron chi connectivity index (χ1n) is 6.00. The summed E-state index contributed by atoms with van der Waals surface area (Å²) in [6.07, 6.45) is 7.61. The Labute approximate surface area is 96.5 Å². The molecule has 0 saturated carbocycles. The Morgan fingerprint density at radius 1 is 1.44 bits per heavy atom. The molecule has 86 valence electrons. The molecule has 16 heavy (non-hydrogen) atoms. The zero-order valence-electron chi connectivity index (χ0n) is 9.72. The first kappa shape index (κ1) is 11.1. The Kier molecular flexibility index (Phi) is 3.54. The molecule has 0 aliphatic carbocycles. The molecule has 0 spiro atoms. The first-order chi connectivity index (χ1) is 7.83. The van der Waals surface area contributed by atoms with Crippen molar-refractivity contribution in [2.75, 3.05) is 11.4 Å². The zero-order valence-corrected chi connectivity index (χ0v) is 9.72. The second kappa shape index (κ2) is 5.10. The molecule has 1 aromatic rings. The van der Waals surface area contributed by atoms with Crippen molar-refractivity contribution in [1.82, 2.24) is 4.98 Å². The van der Waals surface area contributed by atoms with Crippen LogP contribution in [0.2, 0.25) is 0 Å². The van der Waals surface area contributed by atoms with Gasteiger partial charge in [-0.3, -0.25) is 4.79 Å². The number of aldehydes is 1. The molecule has 0 N–H and O–H groups in total. The second-order valence-corrected chi connectivity index (χ2v) is 4.43. The molecule has 1 fully saturated rings. The van der Waals surface area contributed by atoms with Gasteiger partial charge in [0.05, 0.1) is 5.56 Å². The Bertz CT molecular complexity index is 365. The maximum absolute atomic E-state index is 11.0. The van der Waals surface area contributed by atoms with Gasteiger partial charge in [-0.1, -0.05) is 12.8 Å². The fourth-order valence-corrected chi connectivity index (χ4v) is 2.33. The number of rotatable bonds is 2. The predicted octanol–water partition coefficient (Wildman–Crippen LogP) is 2.66. The van der Waals surface area contributed by atoms with Crippen LogP contribution in [0.25, 0.3) is 0 Å². The Hall–Kier alpha value is -1.38. The third kappa shape index (κ3) is 2.23. The summed E-state index contributed by atoms with van der Waals surface area (Å²) in [7, 11) is 0. The van der Waals surface area contributed by atoms with E-state index in [4.69, 9.17) is 0 Å². The average molecular weight is 218 g/mol. The maximum atomic E-state index is 11.0. The molecule has 3 nitrogen and oxygen atoms in total. The van der Waals surface area contributed by atoms with Crippen LogP contribution < -0.4 is 4.90 Å². The molecule has 3 heteroatoms. The molecular weight excluding hydrogens is 200 g/mol. The summed E-state index contributed by atoms with van der Waals surface area (Å²) in [5, 5.41) is 0. The number of nitrogens with zero attached hydrogens (tertiary/aromatic N) is 2. The summed E-state index contributed by atoms with van der Waals surface area (Å²) in [6, 6.07) is 4.14. The van der Waals surface area contributed by atoms with Gasteiger partial charge in [-0.05, 0) is 31.9 Å². The van der Waals surface area contributed by atoms with Crippen molar-refractivity contribution in [2.45, 2.75) is 38.6 Å². The highest BCUT2D eigenvalue weighted by atomic mass is 16.1. The van der Waals surface area contributed by atoms with Gasteiger partial charge >= 0.3 is 0 Å². The van der Waals surface area contributed by atoms with E-state index in [-0.39, 0.29) is 0 Å². The minimum atomic E-state index is 0.482. The maximum Gasteiger partial charge on any atom is 0.153 e. The molecule has 0 radical (unpaired) electrons. The fraction of sp³-hybridized carbons (Fsp3) is 0.538. The normalized spacial score (nSPS) is 21.6. The van der Waals surface area contributed by atoms with E-state index in [9.17, 15) is 4.79 Å². The number of pyridine rings is 1. The van der Waals surface area contributed by atoms with E-state index in [1.54, 1.807) is 6.20 Å². The molecule has 1 aliphatic heterocycles. The third-order valence-electron chi connectivity index (χ3n) is 3.27.